The molecule has 0 saturated carbocycles. The van der Waals surface area contributed by atoms with Crippen molar-refractivity contribution >= 4 is 6.03 Å². The van der Waals surface area contributed by atoms with Crippen molar-refractivity contribution in [3.8, 4) is 0 Å². The number of nitrogens with zero attached hydrogens (tertiary/aromatic N) is 1. The number of urea groups is 1. The molecule has 0 saturated heterocycles. The van der Waals surface area contributed by atoms with E-state index in [1.165, 1.54) is 5.56 Å². The van der Waals surface area contributed by atoms with E-state index in [9.17, 15) is 4.79 Å². The Hall–Kier alpha value is -1.55. The molecule has 0 aliphatic rings. The van der Waals surface area contributed by atoms with Crippen molar-refractivity contribution in [1.82, 2.24) is 15.5 Å². The summed E-state index contributed by atoms with van der Waals surface area (Å²) in [5, 5.41) is 5.60. The summed E-state index contributed by atoms with van der Waals surface area (Å²) in [5.74, 6) is 0. The van der Waals surface area contributed by atoms with Crippen molar-refractivity contribution in [2.45, 2.75) is 33.2 Å². The van der Waals surface area contributed by atoms with Gasteiger partial charge in [0.2, 0.25) is 0 Å². The van der Waals surface area contributed by atoms with Gasteiger partial charge in [0.25, 0.3) is 0 Å². The Morgan fingerprint density at radius 2 is 1.85 bits per heavy atom. The van der Waals surface area contributed by atoms with Crippen LogP contribution in [0.2, 0.25) is 0 Å². The average Bonchev–Trinajstić information content (AvgIpc) is 2.45. The number of carbonyl (C=O) groups excluding carboxylic acids is 1. The van der Waals surface area contributed by atoms with Gasteiger partial charge in [-0.2, -0.15) is 0 Å². The third-order valence-electron chi connectivity index (χ3n) is 3.06. The maximum Gasteiger partial charge on any atom is 0.314 e. The largest absolute Gasteiger partial charge is 0.338 e. The highest BCUT2D eigenvalue weighted by molar-refractivity contribution is 5.73. The van der Waals surface area contributed by atoms with E-state index in [1.54, 1.807) is 0 Å². The molecule has 0 unspecified atom stereocenters. The summed E-state index contributed by atoms with van der Waals surface area (Å²) in [6.45, 7) is 8.59. The first kappa shape index (κ1) is 16.5. The van der Waals surface area contributed by atoms with Gasteiger partial charge in [-0.15, -0.1) is 0 Å². The summed E-state index contributed by atoms with van der Waals surface area (Å²) in [4.78, 5) is 13.7. The third kappa shape index (κ3) is 7.14. The smallest absolute Gasteiger partial charge is 0.314 e. The van der Waals surface area contributed by atoms with Gasteiger partial charge in [-0.1, -0.05) is 37.3 Å². The van der Waals surface area contributed by atoms with Crippen LogP contribution in [-0.2, 0) is 6.54 Å². The van der Waals surface area contributed by atoms with E-state index >= 15 is 0 Å². The van der Waals surface area contributed by atoms with E-state index in [4.69, 9.17) is 0 Å². The van der Waals surface area contributed by atoms with Crippen molar-refractivity contribution in [3.05, 3.63) is 35.9 Å². The van der Waals surface area contributed by atoms with Crippen LogP contribution in [0.4, 0.5) is 4.79 Å². The fourth-order valence-electron chi connectivity index (χ4n) is 2.16. The van der Waals surface area contributed by atoms with Gasteiger partial charge in [0.15, 0.2) is 0 Å². The van der Waals surface area contributed by atoms with Crippen LogP contribution in [0.15, 0.2) is 30.3 Å². The lowest BCUT2D eigenvalue weighted by Gasteiger charge is -2.21. The minimum atomic E-state index is -0.0717. The molecule has 4 nitrogen and oxygen atoms in total. The molecular formula is C16H27N3O. The monoisotopic (exact) mass is 277 g/mol. The van der Waals surface area contributed by atoms with Crippen molar-refractivity contribution in [3.63, 3.8) is 0 Å². The summed E-state index contributed by atoms with van der Waals surface area (Å²) < 4.78 is 0. The van der Waals surface area contributed by atoms with Crippen LogP contribution >= 0.6 is 0 Å². The molecule has 0 spiro atoms. The lowest BCUT2D eigenvalue weighted by Crippen LogP contribution is -2.37. The van der Waals surface area contributed by atoms with Crippen LogP contribution in [-0.4, -0.2) is 37.1 Å². The number of rotatable bonds is 9. The summed E-state index contributed by atoms with van der Waals surface area (Å²) in [5.41, 5.74) is 1.35. The standard InChI is InChI=1S/C16H27N3O/c1-3-12-19(14-15-9-6-5-7-10-15)13-8-11-18-16(20)17-4-2/h5-7,9-10H,3-4,8,11-14H2,1-2H3,(H2,17,18,20). The molecule has 0 heterocycles. The van der Waals surface area contributed by atoms with E-state index in [0.29, 0.717) is 6.54 Å². The van der Waals surface area contributed by atoms with Gasteiger partial charge in [-0.25, -0.2) is 4.79 Å². The zero-order chi connectivity index (χ0) is 14.6. The molecule has 112 valence electrons. The molecule has 0 aromatic heterocycles. The molecule has 2 N–H and O–H groups in total. The Labute approximate surface area is 122 Å². The molecule has 0 fully saturated rings. The topological polar surface area (TPSA) is 44.4 Å². The van der Waals surface area contributed by atoms with E-state index in [0.717, 1.165) is 39.0 Å². The lowest BCUT2D eigenvalue weighted by atomic mass is 10.2. The van der Waals surface area contributed by atoms with Crippen LogP contribution in [0.1, 0.15) is 32.3 Å². The van der Waals surface area contributed by atoms with Crippen molar-refractivity contribution in [2.75, 3.05) is 26.2 Å². The van der Waals surface area contributed by atoms with Gasteiger partial charge in [0, 0.05) is 26.2 Å². The third-order valence-corrected chi connectivity index (χ3v) is 3.06. The van der Waals surface area contributed by atoms with Gasteiger partial charge in [0.05, 0.1) is 0 Å². The Kier molecular flexibility index (Phi) is 8.47. The first-order chi connectivity index (χ1) is 9.76. The van der Waals surface area contributed by atoms with Crippen LogP contribution in [0.5, 0.6) is 0 Å². The number of hydrogen-bond acceptors (Lipinski definition) is 2. The number of benzene rings is 1. The van der Waals surface area contributed by atoms with Crippen LogP contribution in [0.3, 0.4) is 0 Å². The molecule has 0 aliphatic heterocycles. The number of carbonyl (C=O) groups is 1. The number of amides is 2. The summed E-state index contributed by atoms with van der Waals surface area (Å²) in [6.07, 6.45) is 2.13. The summed E-state index contributed by atoms with van der Waals surface area (Å²) >= 11 is 0. The van der Waals surface area contributed by atoms with Gasteiger partial charge in [-0.3, -0.25) is 4.90 Å². The molecule has 0 radical (unpaired) electrons. The quantitative estimate of drug-likeness (QED) is 0.681. The molecule has 20 heavy (non-hydrogen) atoms. The molecule has 2 amide bonds. The first-order valence-corrected chi connectivity index (χ1v) is 7.54. The van der Waals surface area contributed by atoms with E-state index in [1.807, 2.05) is 13.0 Å². The second-order valence-electron chi connectivity index (χ2n) is 4.90. The van der Waals surface area contributed by atoms with Gasteiger partial charge < -0.3 is 10.6 Å². The highest BCUT2D eigenvalue weighted by Gasteiger charge is 2.05. The SMILES string of the molecule is CCCN(CCCNC(=O)NCC)Cc1ccccc1. The second-order valence-corrected chi connectivity index (χ2v) is 4.90. The zero-order valence-electron chi connectivity index (χ0n) is 12.7. The van der Waals surface area contributed by atoms with Crippen molar-refractivity contribution in [2.24, 2.45) is 0 Å². The fourth-order valence-corrected chi connectivity index (χ4v) is 2.16. The van der Waals surface area contributed by atoms with E-state index in [-0.39, 0.29) is 6.03 Å². The highest BCUT2D eigenvalue weighted by atomic mass is 16.2. The molecule has 1 aromatic carbocycles. The number of hydrogen-bond donors (Lipinski definition) is 2. The van der Waals surface area contributed by atoms with E-state index in [2.05, 4.69) is 46.7 Å². The van der Waals surface area contributed by atoms with Crippen molar-refractivity contribution in [1.29, 1.82) is 0 Å². The molecule has 1 rings (SSSR count). The van der Waals surface area contributed by atoms with Gasteiger partial charge >= 0.3 is 6.03 Å². The molecule has 0 aliphatic carbocycles. The average molecular weight is 277 g/mol. The Balaban J connectivity index is 2.27. The fraction of sp³-hybridized carbons (Fsp3) is 0.562. The van der Waals surface area contributed by atoms with Gasteiger partial charge in [0.1, 0.15) is 0 Å². The normalized spacial score (nSPS) is 10.6. The molecule has 0 atom stereocenters. The molecule has 4 heteroatoms. The van der Waals surface area contributed by atoms with Gasteiger partial charge in [-0.05, 0) is 31.9 Å². The van der Waals surface area contributed by atoms with Crippen molar-refractivity contribution < 1.29 is 4.79 Å². The highest BCUT2D eigenvalue weighted by Crippen LogP contribution is 2.05. The van der Waals surface area contributed by atoms with Crippen LogP contribution in [0, 0.1) is 0 Å². The predicted octanol–water partition coefficient (Wildman–Crippen LogP) is 2.61. The minimum absolute atomic E-state index is 0.0717. The Morgan fingerprint density at radius 1 is 1.10 bits per heavy atom. The lowest BCUT2D eigenvalue weighted by molar-refractivity contribution is 0.237. The summed E-state index contributed by atoms with van der Waals surface area (Å²) in [6, 6.07) is 10.5. The zero-order valence-corrected chi connectivity index (χ0v) is 12.7. The Morgan fingerprint density at radius 3 is 2.50 bits per heavy atom. The number of nitrogens with one attached hydrogen (secondary N) is 2. The minimum Gasteiger partial charge on any atom is -0.338 e. The van der Waals surface area contributed by atoms with E-state index < -0.39 is 0 Å². The Bertz CT molecular complexity index is 367. The van der Waals surface area contributed by atoms with Crippen LogP contribution < -0.4 is 10.6 Å². The molecule has 1 aromatic rings. The first-order valence-electron chi connectivity index (χ1n) is 7.54. The maximum absolute atomic E-state index is 11.3. The second kappa shape index (κ2) is 10.3. The molecule has 0 bridgehead atoms. The van der Waals surface area contributed by atoms with Crippen LogP contribution in [0.25, 0.3) is 0 Å². The maximum atomic E-state index is 11.3. The molecular weight excluding hydrogens is 250 g/mol. The summed E-state index contributed by atoms with van der Waals surface area (Å²) in [7, 11) is 0. The predicted molar refractivity (Wildman–Crippen MR) is 83.7 cm³/mol.